The van der Waals surface area contributed by atoms with Gasteiger partial charge in [-0.1, -0.05) is 0 Å². The minimum atomic E-state index is -5.39. The van der Waals surface area contributed by atoms with E-state index in [0.717, 1.165) is 0 Å². The Hall–Kier alpha value is 5.13. The maximum atomic E-state index is 8.55. The van der Waals surface area contributed by atoms with Gasteiger partial charge in [-0.2, -0.15) is 15.6 Å². The van der Waals surface area contributed by atoms with Crippen molar-refractivity contribution in [1.82, 2.24) is 0 Å². The topological polar surface area (TPSA) is 172 Å². The van der Waals surface area contributed by atoms with Crippen molar-refractivity contribution < 1.29 is 141 Å². The molecule has 8 nitrogen and oxygen atoms in total. The molecule has 19 heavy (non-hydrogen) atoms. The maximum Gasteiger partial charge on any atom is 2.00 e. The van der Waals surface area contributed by atoms with Crippen LogP contribution in [0.15, 0.2) is 0 Å². The molecule has 0 aliphatic heterocycles. The molecule has 0 aliphatic carbocycles. The summed E-state index contributed by atoms with van der Waals surface area (Å²) in [5, 5.41) is 0. The van der Waals surface area contributed by atoms with Crippen LogP contribution < -0.4 is 29.4 Å². The van der Waals surface area contributed by atoms with Gasteiger partial charge in [0.25, 0.3) is 0 Å². The van der Waals surface area contributed by atoms with E-state index in [1.165, 1.54) is 0 Å². The largest absolute Gasteiger partial charge is 2.00 e. The van der Waals surface area contributed by atoms with Crippen molar-refractivity contribution in [2.75, 3.05) is 0 Å². The van der Waals surface area contributed by atoms with Crippen LogP contribution >= 0.6 is 15.6 Å². The molecule has 0 rings (SSSR count). The normalized spacial score (nSPS) is 6.21. The van der Waals surface area contributed by atoms with Crippen molar-refractivity contribution in [3.05, 3.63) is 0 Å². The smallest absolute Gasteiger partial charge is 2.00 e. The standard InChI is InChI=1S/3Fe.3Li.3Mn.2H3O4P.3H/c;;;;;;;;;2*1-5(2,3)4;;;/h;;;;;;;;;2*(H3,1,2,3,4);;;/q;;;;;;3*+2;;;;;/p-6. The summed E-state index contributed by atoms with van der Waals surface area (Å²) < 4.78 is 17.1. The molecule has 0 fully saturated rings. The van der Waals surface area contributed by atoms with Crippen LogP contribution in [0.1, 0.15) is 0 Å². The van der Waals surface area contributed by atoms with Gasteiger partial charge in [0.05, 0.1) is 0 Å². The molecular weight excluding hydrogens is 543 g/mol. The van der Waals surface area contributed by atoms with Crippen molar-refractivity contribution in [1.29, 1.82) is 0 Å². The Kier molecular flexibility index (Phi) is 152. The molecule has 0 aromatic carbocycles. The van der Waals surface area contributed by atoms with Crippen molar-refractivity contribution in [2.45, 2.75) is 0 Å². The van der Waals surface area contributed by atoms with Crippen LogP contribution in [0.3, 0.4) is 0 Å². The summed E-state index contributed by atoms with van der Waals surface area (Å²) in [5.74, 6) is 0. The van der Waals surface area contributed by atoms with Crippen LogP contribution in [-0.2, 0) is 112 Å². The van der Waals surface area contributed by atoms with E-state index in [9.17, 15) is 0 Å². The minimum absolute atomic E-state index is 0. The molecule has 0 amide bonds. The van der Waals surface area contributed by atoms with E-state index in [0.29, 0.717) is 0 Å². The number of rotatable bonds is 0. The summed E-state index contributed by atoms with van der Waals surface area (Å²) in [6.07, 6.45) is 0. The van der Waals surface area contributed by atoms with Crippen LogP contribution in [-0.4, -0.2) is 56.6 Å². The molecule has 0 N–H and O–H groups in total. The fourth-order valence-corrected chi connectivity index (χ4v) is 0. The molecule has 0 bridgehead atoms. The van der Waals surface area contributed by atoms with Crippen molar-refractivity contribution in [2.24, 2.45) is 0 Å². The predicted octanol–water partition coefficient (Wildman–Crippen LogP) is -7.61. The second kappa shape index (κ2) is 38.6. The molecule has 109 valence electrons. The molecular formula is H3Fe3Li3Mn3O8P2. The van der Waals surface area contributed by atoms with Crippen LogP contribution in [0.25, 0.3) is 0 Å². The Balaban J connectivity index is -0.00000000508. The molecule has 0 unspecified atom stereocenters. The molecule has 0 aromatic heterocycles. The van der Waals surface area contributed by atoms with Crippen LogP contribution in [0.4, 0.5) is 0 Å². The summed E-state index contributed by atoms with van der Waals surface area (Å²) in [4.78, 5) is 51.3. The Labute approximate surface area is 210 Å². The van der Waals surface area contributed by atoms with Crippen molar-refractivity contribution >= 4 is 72.2 Å². The fourth-order valence-electron chi connectivity index (χ4n) is 0. The summed E-state index contributed by atoms with van der Waals surface area (Å²) in [6.45, 7) is 0. The van der Waals surface area contributed by atoms with Gasteiger partial charge in [-0.3, -0.25) is 0 Å². The monoisotopic (exact) mass is 547 g/mol. The third kappa shape index (κ3) is 392. The SMILES string of the molecule is O=P([O-])([O-])[O-].O=P([O-])([O-])[O-].[Fe].[Fe].[Fe].[LiH].[LiH].[LiH].[Mn+2].[Mn+2].[Mn+2]. The maximum absolute atomic E-state index is 8.55. The van der Waals surface area contributed by atoms with E-state index < -0.39 is 15.6 Å². The van der Waals surface area contributed by atoms with Crippen molar-refractivity contribution in [3.8, 4) is 0 Å². The first kappa shape index (κ1) is 74.9. The Bertz CT molecular complexity index is 153. The van der Waals surface area contributed by atoms with E-state index in [4.69, 9.17) is 38.5 Å². The molecule has 0 spiro atoms. The molecule has 0 saturated heterocycles. The average Bonchev–Trinajstić information content (AvgIpc) is 1.12. The van der Waals surface area contributed by atoms with Crippen LogP contribution in [0.2, 0.25) is 0 Å². The van der Waals surface area contributed by atoms with E-state index in [1.54, 1.807) is 0 Å². The summed E-state index contributed by atoms with van der Waals surface area (Å²) in [5.41, 5.74) is 0. The molecule has 19 heteroatoms. The zero-order chi connectivity index (χ0) is 9.00. The third-order valence-corrected chi connectivity index (χ3v) is 0. The quantitative estimate of drug-likeness (QED) is 0.213. The molecule has 3 radical (unpaired) electrons. The van der Waals surface area contributed by atoms with E-state index >= 15 is 0 Å². The van der Waals surface area contributed by atoms with E-state index in [-0.39, 0.29) is 159 Å². The molecule has 0 heterocycles. The van der Waals surface area contributed by atoms with Gasteiger partial charge < -0.3 is 38.5 Å². The van der Waals surface area contributed by atoms with Gasteiger partial charge in [-0.05, 0) is 0 Å². The average molecular weight is 546 g/mol. The number of phosphoric acid groups is 2. The predicted molar refractivity (Wildman–Crippen MR) is 36.7 cm³/mol. The minimum Gasteiger partial charge on any atom is 2.00 e. The Morgan fingerprint density at radius 2 is 0.474 bits per heavy atom. The first-order valence-electron chi connectivity index (χ1n) is 1.46. The summed E-state index contributed by atoms with van der Waals surface area (Å²) in [6, 6.07) is 0. The van der Waals surface area contributed by atoms with Gasteiger partial charge in [0, 0.05) is 51.2 Å². The van der Waals surface area contributed by atoms with Crippen LogP contribution in [0, 0.1) is 0 Å². The Morgan fingerprint density at radius 1 is 0.474 bits per heavy atom. The van der Waals surface area contributed by atoms with Gasteiger partial charge in [-0.15, -0.1) is 0 Å². The molecule has 0 aliphatic rings. The second-order valence-electron chi connectivity index (χ2n) is 0.894. The molecule has 0 saturated carbocycles. The second-order valence-corrected chi connectivity index (χ2v) is 2.68. The van der Waals surface area contributed by atoms with E-state index in [2.05, 4.69) is 0 Å². The molecule has 0 aromatic rings. The number of hydrogen-bond donors (Lipinski definition) is 0. The molecule has 0 atom stereocenters. The van der Waals surface area contributed by atoms with Crippen LogP contribution in [0.5, 0.6) is 0 Å². The van der Waals surface area contributed by atoms with Crippen molar-refractivity contribution in [3.63, 3.8) is 0 Å². The summed E-state index contributed by atoms with van der Waals surface area (Å²) in [7, 11) is -10.8. The Morgan fingerprint density at radius 3 is 0.474 bits per heavy atom. The van der Waals surface area contributed by atoms with E-state index in [1.807, 2.05) is 0 Å². The first-order valence-corrected chi connectivity index (χ1v) is 4.38. The summed E-state index contributed by atoms with van der Waals surface area (Å²) >= 11 is 0. The zero-order valence-corrected chi connectivity index (χ0v) is 15.0. The van der Waals surface area contributed by atoms with Gasteiger partial charge >= 0.3 is 108 Å². The van der Waals surface area contributed by atoms with Gasteiger partial charge in [0.2, 0.25) is 0 Å². The fraction of sp³-hybridized carbons (Fsp3) is 0. The van der Waals surface area contributed by atoms with Gasteiger partial charge in [0.1, 0.15) is 0 Å². The van der Waals surface area contributed by atoms with Gasteiger partial charge in [-0.25, -0.2) is 0 Å². The first-order chi connectivity index (χ1) is 4.00. The zero-order valence-electron chi connectivity index (χ0n) is 6.35. The third-order valence-electron chi connectivity index (χ3n) is 0. The van der Waals surface area contributed by atoms with Gasteiger partial charge in [0.15, 0.2) is 0 Å². The number of hydrogen-bond acceptors (Lipinski definition) is 8.